The van der Waals surface area contributed by atoms with Crippen molar-refractivity contribution in [2.24, 2.45) is 5.73 Å². The Labute approximate surface area is 252 Å². The molecule has 0 atom stereocenters. The number of unbranched alkanes of at least 4 members (excludes halogenated alkanes) is 26. The number of primary amides is 1. The first-order valence-electron chi connectivity index (χ1n) is 18.1. The molecule has 0 heterocycles. The van der Waals surface area contributed by atoms with E-state index >= 15 is 0 Å². The van der Waals surface area contributed by atoms with E-state index in [4.69, 9.17) is 5.73 Å². The van der Waals surface area contributed by atoms with Gasteiger partial charge < -0.3 is 11.1 Å². The van der Waals surface area contributed by atoms with Crippen molar-refractivity contribution in [2.45, 2.75) is 213 Å². The highest BCUT2D eigenvalue weighted by Crippen LogP contribution is 2.14. The monoisotopic (exact) mass is 567 g/mol. The van der Waals surface area contributed by atoms with Crippen molar-refractivity contribution < 1.29 is 9.59 Å². The maximum Gasteiger partial charge on any atom is 0.219 e. The molecule has 0 saturated carbocycles. The minimum atomic E-state index is -0.155. The molecule has 240 valence electrons. The zero-order valence-corrected chi connectivity index (χ0v) is 27.8. The summed E-state index contributed by atoms with van der Waals surface area (Å²) in [5.74, 6) is 0.0651. The van der Waals surface area contributed by atoms with Crippen LogP contribution in [-0.2, 0) is 9.59 Å². The molecule has 0 aromatic heterocycles. The third-order valence-electron chi connectivity index (χ3n) is 7.91. The summed E-state index contributed by atoms with van der Waals surface area (Å²) >= 11 is 0. The summed E-state index contributed by atoms with van der Waals surface area (Å²) in [5.41, 5.74) is 5.09. The summed E-state index contributed by atoms with van der Waals surface area (Å²) in [6.45, 7) is 7.29. The van der Waals surface area contributed by atoms with Crippen molar-refractivity contribution in [1.82, 2.24) is 5.32 Å². The van der Waals surface area contributed by atoms with Gasteiger partial charge in [0.05, 0.1) is 0 Å². The fourth-order valence-corrected chi connectivity index (χ4v) is 5.26. The first-order chi connectivity index (χ1) is 19.6. The minimum Gasteiger partial charge on any atom is -0.370 e. The average molecular weight is 567 g/mol. The Morgan fingerprint density at radius 3 is 0.900 bits per heavy atom. The molecule has 0 radical (unpaired) electrons. The zero-order chi connectivity index (χ0) is 29.8. The fraction of sp³-hybridized carbons (Fsp3) is 0.944. The maximum absolute atomic E-state index is 11.3. The molecule has 0 unspecified atom stereocenters. The number of nitrogens with two attached hydrogens (primary N) is 1. The van der Waals surface area contributed by atoms with Crippen molar-refractivity contribution in [3.05, 3.63) is 0 Å². The van der Waals surface area contributed by atoms with E-state index in [2.05, 4.69) is 19.2 Å². The predicted molar refractivity (Wildman–Crippen MR) is 178 cm³/mol. The molecule has 0 rings (SSSR count). The number of amides is 2. The van der Waals surface area contributed by atoms with Crippen molar-refractivity contribution >= 4 is 11.8 Å². The van der Waals surface area contributed by atoms with Gasteiger partial charge in [-0.15, -0.1) is 0 Å². The Hall–Kier alpha value is -1.06. The third-order valence-corrected chi connectivity index (χ3v) is 7.91. The smallest absolute Gasteiger partial charge is 0.219 e. The summed E-state index contributed by atoms with van der Waals surface area (Å²) in [4.78, 5) is 21.8. The molecule has 0 aliphatic heterocycles. The number of carbonyl (C=O) groups excluding carboxylic acids is 2. The zero-order valence-electron chi connectivity index (χ0n) is 27.8. The van der Waals surface area contributed by atoms with Crippen molar-refractivity contribution in [2.75, 3.05) is 6.54 Å². The molecule has 3 N–H and O–H groups in total. The molecular formula is C36H74N2O2. The van der Waals surface area contributed by atoms with Crippen LogP contribution < -0.4 is 11.1 Å². The lowest BCUT2D eigenvalue weighted by molar-refractivity contribution is -0.121. The van der Waals surface area contributed by atoms with Crippen LogP contribution in [0.15, 0.2) is 0 Å². The molecule has 0 aliphatic carbocycles. The number of carbonyl (C=O) groups is 2. The maximum atomic E-state index is 11.3. The normalized spacial score (nSPS) is 10.8. The van der Waals surface area contributed by atoms with Crippen LogP contribution in [0.4, 0.5) is 0 Å². The molecule has 4 heteroatoms. The quantitative estimate of drug-likeness (QED) is 0.0819. The molecule has 0 aliphatic rings. The van der Waals surface area contributed by atoms with Gasteiger partial charge >= 0.3 is 0 Å². The third kappa shape index (κ3) is 41.4. The number of rotatable bonds is 31. The molecule has 0 fully saturated rings. The summed E-state index contributed by atoms with van der Waals surface area (Å²) in [5, 5.41) is 2.86. The van der Waals surface area contributed by atoms with Crippen molar-refractivity contribution in [1.29, 1.82) is 0 Å². The summed E-state index contributed by atoms with van der Waals surface area (Å²) in [7, 11) is 0. The van der Waals surface area contributed by atoms with Gasteiger partial charge in [0.25, 0.3) is 0 Å². The van der Waals surface area contributed by atoms with Gasteiger partial charge in [0, 0.05) is 19.4 Å². The van der Waals surface area contributed by atoms with Gasteiger partial charge in [-0.05, 0) is 19.8 Å². The van der Waals surface area contributed by atoms with E-state index in [1.165, 1.54) is 167 Å². The Bertz CT molecular complexity index is 495. The van der Waals surface area contributed by atoms with Crippen LogP contribution in [0.5, 0.6) is 0 Å². The largest absolute Gasteiger partial charge is 0.370 e. The molecule has 0 spiro atoms. The molecule has 0 saturated heterocycles. The van der Waals surface area contributed by atoms with Crippen molar-refractivity contribution in [3.8, 4) is 0 Å². The van der Waals surface area contributed by atoms with Gasteiger partial charge in [-0.2, -0.15) is 0 Å². The Balaban J connectivity index is 0. The number of hydrogen-bond donors (Lipinski definition) is 2. The summed E-state index contributed by atoms with van der Waals surface area (Å²) < 4.78 is 0. The van der Waals surface area contributed by atoms with Crippen LogP contribution in [0.3, 0.4) is 0 Å². The molecule has 2 amide bonds. The lowest BCUT2D eigenvalue weighted by Crippen LogP contribution is -2.21. The van der Waals surface area contributed by atoms with Crippen LogP contribution in [0, 0.1) is 0 Å². The van der Waals surface area contributed by atoms with Crippen LogP contribution in [0.1, 0.15) is 213 Å². The predicted octanol–water partition coefficient (Wildman–Crippen LogP) is 11.3. The van der Waals surface area contributed by atoms with Gasteiger partial charge in [0.2, 0.25) is 11.8 Å². The molecule has 40 heavy (non-hydrogen) atoms. The second kappa shape index (κ2) is 37.9. The van der Waals surface area contributed by atoms with E-state index < -0.39 is 0 Å². The first-order valence-corrected chi connectivity index (χ1v) is 18.1. The molecule has 0 aromatic rings. The van der Waals surface area contributed by atoms with E-state index in [-0.39, 0.29) is 11.8 Å². The van der Waals surface area contributed by atoms with Gasteiger partial charge in [0.15, 0.2) is 0 Å². The molecular weight excluding hydrogens is 492 g/mol. The van der Waals surface area contributed by atoms with Crippen LogP contribution >= 0.6 is 0 Å². The second-order valence-electron chi connectivity index (χ2n) is 12.1. The Morgan fingerprint density at radius 2 is 0.650 bits per heavy atom. The first kappa shape index (κ1) is 41.1. The van der Waals surface area contributed by atoms with E-state index in [9.17, 15) is 9.59 Å². The molecule has 0 aromatic carbocycles. The minimum absolute atomic E-state index is 0.155. The van der Waals surface area contributed by atoms with Crippen molar-refractivity contribution in [3.63, 3.8) is 0 Å². The van der Waals surface area contributed by atoms with Gasteiger partial charge in [-0.1, -0.05) is 181 Å². The van der Waals surface area contributed by atoms with E-state index in [0.29, 0.717) is 12.8 Å². The van der Waals surface area contributed by atoms with Crippen LogP contribution in [-0.4, -0.2) is 18.4 Å². The van der Waals surface area contributed by atoms with E-state index in [1.807, 2.05) is 6.92 Å². The topological polar surface area (TPSA) is 72.2 Å². The summed E-state index contributed by atoms with van der Waals surface area (Å²) in [6.07, 6.45) is 39.2. The van der Waals surface area contributed by atoms with Gasteiger partial charge in [-0.3, -0.25) is 9.59 Å². The molecule has 4 nitrogen and oxygen atoms in total. The fourth-order valence-electron chi connectivity index (χ4n) is 5.26. The van der Waals surface area contributed by atoms with E-state index in [1.54, 1.807) is 0 Å². The number of nitrogens with one attached hydrogen (secondary N) is 1. The SMILES string of the molecule is CCCCCCCCCCCCCCCC(N)=O.CCCCCCCCCCCCCCCCCC(=O)NCC. The lowest BCUT2D eigenvalue weighted by atomic mass is 10.0. The standard InChI is InChI=1S/C20H41NO.C16H33NO/c1-3-5-6-7-8-9-10-11-12-13-14-15-16-17-18-19-20(22)21-4-2;1-2-3-4-5-6-7-8-9-10-11-12-13-14-15-16(17)18/h3-19H2,1-2H3,(H,21,22);2-15H2,1H3,(H2,17,18). The molecule has 0 bridgehead atoms. The summed E-state index contributed by atoms with van der Waals surface area (Å²) in [6, 6.07) is 0. The highest BCUT2D eigenvalue weighted by molar-refractivity contribution is 5.75. The average Bonchev–Trinajstić information content (AvgIpc) is 2.94. The van der Waals surface area contributed by atoms with Gasteiger partial charge in [0.1, 0.15) is 0 Å². The lowest BCUT2D eigenvalue weighted by Gasteiger charge is -2.04. The number of hydrogen-bond acceptors (Lipinski definition) is 2. The van der Waals surface area contributed by atoms with Gasteiger partial charge in [-0.25, -0.2) is 0 Å². The second-order valence-corrected chi connectivity index (χ2v) is 12.1. The highest BCUT2D eigenvalue weighted by Gasteiger charge is 1.99. The highest BCUT2D eigenvalue weighted by atomic mass is 16.1. The van der Waals surface area contributed by atoms with E-state index in [0.717, 1.165) is 19.4 Å². The Kier molecular flexibility index (Phi) is 39.0. The Morgan fingerprint density at radius 1 is 0.400 bits per heavy atom. The van der Waals surface area contributed by atoms with Crippen LogP contribution in [0.2, 0.25) is 0 Å². The van der Waals surface area contributed by atoms with Crippen LogP contribution in [0.25, 0.3) is 0 Å².